The van der Waals surface area contributed by atoms with Crippen LogP contribution in [0.4, 0.5) is 11.4 Å². The van der Waals surface area contributed by atoms with Crippen LogP contribution in [0.15, 0.2) is 48.5 Å². The lowest BCUT2D eigenvalue weighted by molar-refractivity contribution is -0.114. The molecular formula is C15H12IN3O. The molecule has 5 heteroatoms. The molecule has 20 heavy (non-hydrogen) atoms. The van der Waals surface area contributed by atoms with Crippen LogP contribution in [0.2, 0.25) is 0 Å². The topological polar surface area (TPSA) is 64.9 Å². The highest BCUT2D eigenvalue weighted by atomic mass is 127. The van der Waals surface area contributed by atoms with Crippen molar-refractivity contribution in [3.05, 3.63) is 57.7 Å². The van der Waals surface area contributed by atoms with Gasteiger partial charge in [-0.1, -0.05) is 18.2 Å². The van der Waals surface area contributed by atoms with E-state index in [2.05, 4.69) is 33.2 Å². The molecule has 0 heterocycles. The third-order valence-electron chi connectivity index (χ3n) is 2.59. The molecule has 1 amide bonds. The van der Waals surface area contributed by atoms with Gasteiger partial charge in [0.25, 0.3) is 0 Å². The zero-order valence-electron chi connectivity index (χ0n) is 10.6. The third-order valence-corrected chi connectivity index (χ3v) is 3.53. The van der Waals surface area contributed by atoms with E-state index in [1.165, 1.54) is 0 Å². The minimum Gasteiger partial charge on any atom is -0.375 e. The molecule has 0 saturated carbocycles. The Bertz CT molecular complexity index is 664. The Hall–Kier alpha value is -2.07. The lowest BCUT2D eigenvalue weighted by Gasteiger charge is -2.09. The Balaban J connectivity index is 1.93. The van der Waals surface area contributed by atoms with Gasteiger partial charge in [-0.25, -0.2) is 0 Å². The third kappa shape index (κ3) is 3.96. The number of benzene rings is 2. The minimum absolute atomic E-state index is 0.153. The summed E-state index contributed by atoms with van der Waals surface area (Å²) in [5.74, 6) is -0.153. The summed E-state index contributed by atoms with van der Waals surface area (Å²) in [4.78, 5) is 11.8. The van der Waals surface area contributed by atoms with Crippen molar-refractivity contribution in [1.29, 1.82) is 5.26 Å². The summed E-state index contributed by atoms with van der Waals surface area (Å²) in [7, 11) is 0. The summed E-state index contributed by atoms with van der Waals surface area (Å²) in [5, 5.41) is 14.6. The van der Waals surface area contributed by atoms with Crippen molar-refractivity contribution in [3.63, 3.8) is 0 Å². The maximum Gasteiger partial charge on any atom is 0.243 e. The number of nitrogens with one attached hydrogen (secondary N) is 2. The average Bonchev–Trinajstić information content (AvgIpc) is 2.46. The van der Waals surface area contributed by atoms with Gasteiger partial charge in [0, 0.05) is 14.9 Å². The number of nitrogens with zero attached hydrogens (tertiary/aromatic N) is 1. The Labute approximate surface area is 130 Å². The SMILES string of the molecule is N#Cc1cccc(NC(=O)CNc2ccccc2I)c1. The van der Waals surface area contributed by atoms with Crippen LogP contribution in [0.1, 0.15) is 5.56 Å². The van der Waals surface area contributed by atoms with Gasteiger partial charge in [-0.2, -0.15) is 5.26 Å². The molecule has 0 bridgehead atoms. The van der Waals surface area contributed by atoms with Crippen molar-refractivity contribution in [1.82, 2.24) is 0 Å². The van der Waals surface area contributed by atoms with E-state index in [-0.39, 0.29) is 12.5 Å². The average molecular weight is 377 g/mol. The van der Waals surface area contributed by atoms with Gasteiger partial charge in [0.15, 0.2) is 0 Å². The van der Waals surface area contributed by atoms with Crippen LogP contribution in [0.3, 0.4) is 0 Å². The number of halogens is 1. The van der Waals surface area contributed by atoms with Crippen molar-refractivity contribution in [2.45, 2.75) is 0 Å². The van der Waals surface area contributed by atoms with Gasteiger partial charge in [-0.3, -0.25) is 4.79 Å². The predicted molar refractivity (Wildman–Crippen MR) is 87.4 cm³/mol. The van der Waals surface area contributed by atoms with Gasteiger partial charge >= 0.3 is 0 Å². The van der Waals surface area contributed by atoms with E-state index in [0.717, 1.165) is 9.26 Å². The van der Waals surface area contributed by atoms with E-state index in [1.54, 1.807) is 24.3 Å². The van der Waals surface area contributed by atoms with Crippen molar-refractivity contribution < 1.29 is 4.79 Å². The van der Waals surface area contributed by atoms with Gasteiger partial charge in [0.2, 0.25) is 5.91 Å². The van der Waals surface area contributed by atoms with Crippen molar-refractivity contribution in [3.8, 4) is 6.07 Å². The second kappa shape index (κ2) is 6.91. The van der Waals surface area contributed by atoms with Gasteiger partial charge in [-0.05, 0) is 52.9 Å². The van der Waals surface area contributed by atoms with E-state index in [4.69, 9.17) is 5.26 Å². The van der Waals surface area contributed by atoms with Crippen LogP contribution < -0.4 is 10.6 Å². The summed E-state index contributed by atoms with van der Waals surface area (Å²) < 4.78 is 1.06. The van der Waals surface area contributed by atoms with E-state index in [1.807, 2.05) is 30.3 Å². The summed E-state index contributed by atoms with van der Waals surface area (Å²) >= 11 is 2.21. The second-order valence-electron chi connectivity index (χ2n) is 4.07. The minimum atomic E-state index is -0.153. The number of para-hydroxylation sites is 1. The van der Waals surface area contributed by atoms with Gasteiger partial charge in [0.05, 0.1) is 18.2 Å². The molecule has 0 fully saturated rings. The zero-order chi connectivity index (χ0) is 14.4. The number of amides is 1. The first-order valence-corrected chi connectivity index (χ1v) is 7.05. The number of carbonyl (C=O) groups is 1. The molecule has 0 aromatic heterocycles. The number of carbonyl (C=O) groups excluding carboxylic acids is 1. The zero-order valence-corrected chi connectivity index (χ0v) is 12.7. The summed E-state index contributed by atoms with van der Waals surface area (Å²) in [5.41, 5.74) is 2.07. The molecule has 0 aliphatic rings. The normalized spacial score (nSPS) is 9.60. The first-order valence-electron chi connectivity index (χ1n) is 5.97. The van der Waals surface area contributed by atoms with E-state index in [9.17, 15) is 4.79 Å². The highest BCUT2D eigenvalue weighted by Crippen LogP contribution is 2.16. The smallest absolute Gasteiger partial charge is 0.243 e. The van der Waals surface area contributed by atoms with Crippen LogP contribution in [0.25, 0.3) is 0 Å². The van der Waals surface area contributed by atoms with Crippen molar-refractivity contribution in [2.75, 3.05) is 17.2 Å². The first-order chi connectivity index (χ1) is 9.69. The molecule has 0 aliphatic heterocycles. The van der Waals surface area contributed by atoms with Crippen LogP contribution in [-0.4, -0.2) is 12.5 Å². The number of hydrogen-bond acceptors (Lipinski definition) is 3. The first kappa shape index (κ1) is 14.3. The van der Waals surface area contributed by atoms with Crippen molar-refractivity contribution in [2.24, 2.45) is 0 Å². The number of anilines is 2. The molecule has 2 N–H and O–H groups in total. The molecule has 2 aromatic rings. The van der Waals surface area contributed by atoms with Crippen LogP contribution in [-0.2, 0) is 4.79 Å². The van der Waals surface area contributed by atoms with Crippen LogP contribution in [0.5, 0.6) is 0 Å². The Kier molecular flexibility index (Phi) is 4.96. The van der Waals surface area contributed by atoms with E-state index >= 15 is 0 Å². The van der Waals surface area contributed by atoms with Crippen LogP contribution in [0, 0.1) is 14.9 Å². The second-order valence-corrected chi connectivity index (χ2v) is 5.24. The summed E-state index contributed by atoms with van der Waals surface area (Å²) in [6, 6.07) is 16.6. The Morgan fingerprint density at radius 1 is 1.20 bits per heavy atom. The monoisotopic (exact) mass is 377 g/mol. The fourth-order valence-corrected chi connectivity index (χ4v) is 2.23. The Morgan fingerprint density at radius 2 is 2.00 bits per heavy atom. The molecule has 2 rings (SSSR count). The largest absolute Gasteiger partial charge is 0.375 e. The molecule has 2 aromatic carbocycles. The highest BCUT2D eigenvalue weighted by Gasteiger charge is 2.04. The van der Waals surface area contributed by atoms with Crippen molar-refractivity contribution >= 4 is 39.9 Å². The standard InChI is InChI=1S/C15H12IN3O/c16-13-6-1-2-7-14(13)18-10-15(20)19-12-5-3-4-11(8-12)9-17/h1-8,18H,10H2,(H,19,20). The highest BCUT2D eigenvalue weighted by molar-refractivity contribution is 14.1. The number of nitriles is 1. The fourth-order valence-electron chi connectivity index (χ4n) is 1.65. The number of rotatable bonds is 4. The lowest BCUT2D eigenvalue weighted by atomic mass is 10.2. The molecule has 0 atom stereocenters. The van der Waals surface area contributed by atoms with Gasteiger partial charge < -0.3 is 10.6 Å². The molecule has 0 saturated heterocycles. The molecule has 0 unspecified atom stereocenters. The molecule has 0 radical (unpaired) electrons. The Morgan fingerprint density at radius 3 is 2.75 bits per heavy atom. The quantitative estimate of drug-likeness (QED) is 0.805. The maximum absolute atomic E-state index is 11.8. The van der Waals surface area contributed by atoms with E-state index in [0.29, 0.717) is 11.3 Å². The van der Waals surface area contributed by atoms with Crippen LogP contribution >= 0.6 is 22.6 Å². The lowest BCUT2D eigenvalue weighted by Crippen LogP contribution is -2.22. The molecule has 100 valence electrons. The summed E-state index contributed by atoms with van der Waals surface area (Å²) in [6.07, 6.45) is 0. The molecular weight excluding hydrogens is 365 g/mol. The maximum atomic E-state index is 11.8. The summed E-state index contributed by atoms with van der Waals surface area (Å²) in [6.45, 7) is 0.177. The van der Waals surface area contributed by atoms with Gasteiger partial charge in [-0.15, -0.1) is 0 Å². The van der Waals surface area contributed by atoms with Gasteiger partial charge in [0.1, 0.15) is 0 Å². The number of hydrogen-bond donors (Lipinski definition) is 2. The molecule has 0 aliphatic carbocycles. The predicted octanol–water partition coefficient (Wildman–Crippen LogP) is 3.21. The fraction of sp³-hybridized carbons (Fsp3) is 0.0667. The van der Waals surface area contributed by atoms with E-state index < -0.39 is 0 Å². The molecule has 4 nitrogen and oxygen atoms in total. The molecule has 0 spiro atoms.